The monoisotopic (exact) mass is 608 g/mol. The van der Waals surface area contributed by atoms with Gasteiger partial charge in [0.1, 0.15) is 23.5 Å². The SMILES string of the molecule is O=C(COCC1CC=C(Nc2ccc([N+](=O)[O-])c(C(F)(F)F)c2)CC1)N1CCN(Cc2cc3c(F)c(F)ccc3o2)CC1. The molecule has 1 amide bonds. The zero-order valence-electron chi connectivity index (χ0n) is 23.0. The minimum absolute atomic E-state index is 0.0667. The Kier molecular flexibility index (Phi) is 8.97. The summed E-state index contributed by atoms with van der Waals surface area (Å²) in [7, 11) is 0. The highest BCUT2D eigenvalue weighted by molar-refractivity contribution is 5.79. The third kappa shape index (κ3) is 7.31. The number of nitro benzene ring substituents is 1. The molecule has 2 heterocycles. The highest BCUT2D eigenvalue weighted by Crippen LogP contribution is 2.38. The van der Waals surface area contributed by atoms with Gasteiger partial charge in [-0.25, -0.2) is 8.78 Å². The lowest BCUT2D eigenvalue weighted by atomic mass is 9.93. The highest BCUT2D eigenvalue weighted by Gasteiger charge is 2.38. The Morgan fingerprint density at radius 2 is 1.88 bits per heavy atom. The van der Waals surface area contributed by atoms with Crippen LogP contribution >= 0.6 is 0 Å². The molecule has 9 nitrogen and oxygen atoms in total. The van der Waals surface area contributed by atoms with E-state index >= 15 is 0 Å². The molecule has 1 saturated heterocycles. The van der Waals surface area contributed by atoms with E-state index in [1.54, 1.807) is 4.90 Å². The number of amides is 1. The number of piperazine rings is 1. The van der Waals surface area contributed by atoms with Gasteiger partial charge in [0.25, 0.3) is 5.69 Å². The van der Waals surface area contributed by atoms with E-state index < -0.39 is 34.0 Å². The Hall–Kier alpha value is -4.04. The molecule has 0 radical (unpaired) electrons. The Bertz CT molecular complexity index is 1530. The van der Waals surface area contributed by atoms with Gasteiger partial charge >= 0.3 is 6.18 Å². The Morgan fingerprint density at radius 3 is 2.56 bits per heavy atom. The molecule has 5 rings (SSSR count). The van der Waals surface area contributed by atoms with E-state index in [1.807, 2.05) is 6.08 Å². The summed E-state index contributed by atoms with van der Waals surface area (Å²) in [6.45, 7) is 2.85. The molecule has 1 aliphatic heterocycles. The van der Waals surface area contributed by atoms with Gasteiger partial charge in [-0.15, -0.1) is 0 Å². The number of hydrogen-bond donors (Lipinski definition) is 1. The molecule has 230 valence electrons. The molecule has 3 aromatic rings. The van der Waals surface area contributed by atoms with Crippen LogP contribution < -0.4 is 5.32 Å². The fraction of sp³-hybridized carbons (Fsp3) is 0.414. The Balaban J connectivity index is 1.03. The normalized spacial score (nSPS) is 18.1. The fourth-order valence-electron chi connectivity index (χ4n) is 5.30. The van der Waals surface area contributed by atoms with Crippen LogP contribution in [0.15, 0.2) is 52.6 Å². The number of nitrogens with one attached hydrogen (secondary N) is 1. The number of nitrogens with zero attached hydrogens (tertiary/aromatic N) is 3. The lowest BCUT2D eigenvalue weighted by Gasteiger charge is -2.34. The molecule has 0 saturated carbocycles. The van der Waals surface area contributed by atoms with Crippen molar-refractivity contribution in [2.75, 3.05) is 44.7 Å². The average molecular weight is 609 g/mol. The number of rotatable bonds is 9. The Morgan fingerprint density at radius 1 is 1.12 bits per heavy atom. The van der Waals surface area contributed by atoms with Crippen LogP contribution in [0.3, 0.4) is 0 Å². The van der Waals surface area contributed by atoms with E-state index in [2.05, 4.69) is 10.2 Å². The van der Waals surface area contributed by atoms with Gasteiger partial charge in [-0.1, -0.05) is 6.08 Å². The average Bonchev–Trinajstić information content (AvgIpc) is 3.39. The zero-order valence-corrected chi connectivity index (χ0v) is 23.0. The second kappa shape index (κ2) is 12.7. The Labute approximate surface area is 243 Å². The van der Waals surface area contributed by atoms with Crippen LogP contribution in [-0.4, -0.2) is 60.0 Å². The van der Waals surface area contributed by atoms with Crippen LogP contribution in [0, 0.1) is 27.7 Å². The zero-order chi connectivity index (χ0) is 30.7. The largest absolute Gasteiger partial charge is 0.460 e. The van der Waals surface area contributed by atoms with Crippen molar-refractivity contribution in [2.45, 2.75) is 32.0 Å². The number of benzene rings is 2. The van der Waals surface area contributed by atoms with Crippen LogP contribution in [0.25, 0.3) is 11.0 Å². The van der Waals surface area contributed by atoms with Crippen molar-refractivity contribution in [1.29, 1.82) is 0 Å². The number of allylic oxidation sites excluding steroid dienone is 2. The fourth-order valence-corrected chi connectivity index (χ4v) is 5.30. The second-order valence-electron chi connectivity index (χ2n) is 10.6. The highest BCUT2D eigenvalue weighted by atomic mass is 19.4. The summed E-state index contributed by atoms with van der Waals surface area (Å²) < 4.78 is 78.5. The minimum atomic E-state index is -4.85. The summed E-state index contributed by atoms with van der Waals surface area (Å²) in [6, 6.07) is 6.75. The molecular formula is C29H29F5N4O5. The van der Waals surface area contributed by atoms with Crippen molar-refractivity contribution in [3.05, 3.63) is 81.2 Å². The van der Waals surface area contributed by atoms with E-state index in [9.17, 15) is 36.9 Å². The summed E-state index contributed by atoms with van der Waals surface area (Å²) in [5.41, 5.74) is -1.19. The van der Waals surface area contributed by atoms with E-state index in [1.165, 1.54) is 18.2 Å². The van der Waals surface area contributed by atoms with Crippen LogP contribution in [0.5, 0.6) is 0 Å². The molecule has 1 aliphatic carbocycles. The number of carbonyl (C=O) groups excluding carboxylic acids is 1. The standard InChI is InChI=1S/C29H29F5N4O5/c30-24-6-8-26-22(28(24)31)14-21(43-26)15-36-9-11-37(12-10-36)27(39)17-42-16-18-1-3-19(4-2-18)35-20-5-7-25(38(40)41)23(13-20)29(32,33)34/h3,5-8,13-14,18,35H,1-2,4,9-12,15-17H2. The number of carbonyl (C=O) groups is 1. The maximum absolute atomic E-state index is 14.0. The predicted octanol–water partition coefficient (Wildman–Crippen LogP) is 6.09. The minimum Gasteiger partial charge on any atom is -0.460 e. The van der Waals surface area contributed by atoms with Crippen molar-refractivity contribution in [3.63, 3.8) is 0 Å². The summed E-state index contributed by atoms with van der Waals surface area (Å²) in [5.74, 6) is -1.34. The number of ether oxygens (including phenoxy) is 1. The molecule has 0 spiro atoms. The topological polar surface area (TPSA) is 101 Å². The molecule has 2 aromatic carbocycles. The molecule has 1 N–H and O–H groups in total. The van der Waals surface area contributed by atoms with Gasteiger partial charge in [-0.2, -0.15) is 13.2 Å². The number of halogens is 5. The van der Waals surface area contributed by atoms with Gasteiger partial charge in [0.2, 0.25) is 5.91 Å². The smallest absolute Gasteiger partial charge is 0.423 e. The van der Waals surface area contributed by atoms with Gasteiger partial charge < -0.3 is 19.4 Å². The number of hydrogen-bond acceptors (Lipinski definition) is 7. The maximum Gasteiger partial charge on any atom is 0.423 e. The van der Waals surface area contributed by atoms with Crippen LogP contribution in [0.1, 0.15) is 30.6 Å². The molecule has 1 aromatic heterocycles. The van der Waals surface area contributed by atoms with Gasteiger partial charge in [0, 0.05) is 43.6 Å². The van der Waals surface area contributed by atoms with Crippen molar-refractivity contribution in [2.24, 2.45) is 5.92 Å². The molecule has 1 fully saturated rings. The lowest BCUT2D eigenvalue weighted by Crippen LogP contribution is -2.49. The maximum atomic E-state index is 14.0. The second-order valence-corrected chi connectivity index (χ2v) is 10.6. The summed E-state index contributed by atoms with van der Waals surface area (Å²) in [6.07, 6.45) is -1.14. The van der Waals surface area contributed by atoms with Gasteiger partial charge in [0.05, 0.1) is 23.5 Å². The lowest BCUT2D eigenvalue weighted by molar-refractivity contribution is -0.388. The molecule has 43 heavy (non-hydrogen) atoms. The first-order chi connectivity index (χ1) is 20.5. The van der Waals surface area contributed by atoms with Crippen molar-refractivity contribution < 1.29 is 40.8 Å². The quantitative estimate of drug-likeness (QED) is 0.178. The van der Waals surface area contributed by atoms with E-state index in [4.69, 9.17) is 9.15 Å². The van der Waals surface area contributed by atoms with Crippen molar-refractivity contribution in [1.82, 2.24) is 9.80 Å². The molecule has 1 unspecified atom stereocenters. The number of nitro groups is 1. The number of alkyl halides is 3. The van der Waals surface area contributed by atoms with Gasteiger partial charge in [-0.3, -0.25) is 19.8 Å². The van der Waals surface area contributed by atoms with Crippen molar-refractivity contribution >= 4 is 28.3 Å². The molecule has 0 bridgehead atoms. The van der Waals surface area contributed by atoms with Crippen LogP contribution in [0.4, 0.5) is 33.3 Å². The molecular weight excluding hydrogens is 579 g/mol. The first kappa shape index (κ1) is 30.4. The number of furan rings is 1. The van der Waals surface area contributed by atoms with E-state index in [0.717, 1.165) is 18.2 Å². The van der Waals surface area contributed by atoms with E-state index in [0.29, 0.717) is 70.1 Å². The summed E-state index contributed by atoms with van der Waals surface area (Å²) in [5, 5.41) is 14.0. The first-order valence-electron chi connectivity index (χ1n) is 13.7. The first-order valence-corrected chi connectivity index (χ1v) is 13.7. The molecule has 2 aliphatic rings. The third-order valence-electron chi connectivity index (χ3n) is 7.65. The van der Waals surface area contributed by atoms with E-state index in [-0.39, 0.29) is 35.1 Å². The predicted molar refractivity (Wildman–Crippen MR) is 146 cm³/mol. The molecule has 1 atom stereocenters. The number of fused-ring (bicyclic) bond motifs is 1. The van der Waals surface area contributed by atoms with Gasteiger partial charge in [-0.05, 0) is 55.5 Å². The van der Waals surface area contributed by atoms with Gasteiger partial charge in [0.15, 0.2) is 11.6 Å². The summed E-state index contributed by atoms with van der Waals surface area (Å²) >= 11 is 0. The molecule has 14 heteroatoms. The van der Waals surface area contributed by atoms with Crippen LogP contribution in [-0.2, 0) is 22.3 Å². The summed E-state index contributed by atoms with van der Waals surface area (Å²) in [4.78, 5) is 26.3. The van der Waals surface area contributed by atoms with Crippen molar-refractivity contribution in [3.8, 4) is 0 Å². The third-order valence-corrected chi connectivity index (χ3v) is 7.65. The van der Waals surface area contributed by atoms with Crippen LogP contribution in [0.2, 0.25) is 0 Å². The number of anilines is 1.